The molecule has 1 aliphatic heterocycles. The van der Waals surface area contributed by atoms with Gasteiger partial charge in [0, 0.05) is 25.2 Å². The number of ether oxygens (including phenoxy) is 2. The molecule has 4 rings (SSSR count). The third-order valence-corrected chi connectivity index (χ3v) is 6.78. The molecule has 6 nitrogen and oxygen atoms in total. The molecule has 0 saturated carbocycles. The molecule has 1 heterocycles. The summed E-state index contributed by atoms with van der Waals surface area (Å²) in [5, 5.41) is 12.5. The molecule has 0 bridgehead atoms. The molecule has 1 aliphatic rings. The minimum absolute atomic E-state index is 0.0662. The number of hydrogen-bond acceptors (Lipinski definition) is 4. The fraction of sp³-hybridized carbons (Fsp3) is 0.333. The number of nitrogens with one attached hydrogen (secondary N) is 1. The second kappa shape index (κ2) is 11.6. The van der Waals surface area contributed by atoms with Crippen molar-refractivity contribution in [3.8, 4) is 5.75 Å². The van der Waals surface area contributed by atoms with Crippen LogP contribution < -0.4 is 10.1 Å². The number of aliphatic carboxylic acids is 1. The van der Waals surface area contributed by atoms with E-state index in [9.17, 15) is 19.1 Å². The molecular weight excluding hydrogens is 473 g/mol. The molecule has 0 atom stereocenters. The van der Waals surface area contributed by atoms with Crippen molar-refractivity contribution in [2.75, 3.05) is 13.2 Å². The lowest BCUT2D eigenvalue weighted by Gasteiger charge is -2.39. The van der Waals surface area contributed by atoms with Crippen LogP contribution in [0.2, 0.25) is 0 Å². The zero-order chi connectivity index (χ0) is 26.4. The van der Waals surface area contributed by atoms with Crippen LogP contribution in [0.5, 0.6) is 5.75 Å². The van der Waals surface area contributed by atoms with Crippen molar-refractivity contribution in [1.82, 2.24) is 5.32 Å². The highest BCUT2D eigenvalue weighted by Crippen LogP contribution is 2.33. The van der Waals surface area contributed by atoms with Gasteiger partial charge in [0.05, 0.1) is 5.54 Å². The van der Waals surface area contributed by atoms with E-state index >= 15 is 0 Å². The second-order valence-electron chi connectivity index (χ2n) is 9.63. The van der Waals surface area contributed by atoms with E-state index in [0.29, 0.717) is 42.7 Å². The van der Waals surface area contributed by atoms with E-state index in [-0.39, 0.29) is 31.1 Å². The Bertz CT molecular complexity index is 1280. The molecule has 0 spiro atoms. The molecule has 7 heteroatoms. The van der Waals surface area contributed by atoms with Crippen LogP contribution in [0, 0.1) is 19.7 Å². The van der Waals surface area contributed by atoms with E-state index < -0.39 is 17.3 Å². The summed E-state index contributed by atoms with van der Waals surface area (Å²) in [7, 11) is 0. The monoisotopic (exact) mass is 505 g/mol. The highest BCUT2D eigenvalue weighted by atomic mass is 19.1. The van der Waals surface area contributed by atoms with E-state index in [1.165, 1.54) is 6.07 Å². The summed E-state index contributed by atoms with van der Waals surface area (Å²) in [4.78, 5) is 25.0. The lowest BCUT2D eigenvalue weighted by Crippen LogP contribution is -2.49. The molecule has 37 heavy (non-hydrogen) atoms. The van der Waals surface area contributed by atoms with Crippen LogP contribution in [0.15, 0.2) is 60.7 Å². The average molecular weight is 506 g/mol. The molecule has 2 N–H and O–H groups in total. The summed E-state index contributed by atoms with van der Waals surface area (Å²) in [6.07, 6.45) is 1.37. The molecule has 0 aliphatic carbocycles. The number of carboxylic acids is 1. The van der Waals surface area contributed by atoms with Crippen LogP contribution in [-0.4, -0.2) is 30.2 Å². The third kappa shape index (κ3) is 6.54. The largest absolute Gasteiger partial charge is 0.486 e. The Labute approximate surface area is 216 Å². The maximum atomic E-state index is 14.2. The van der Waals surface area contributed by atoms with Gasteiger partial charge in [0.15, 0.2) is 11.6 Å². The van der Waals surface area contributed by atoms with Crippen LogP contribution in [0.25, 0.3) is 0 Å². The van der Waals surface area contributed by atoms with E-state index in [0.717, 1.165) is 16.7 Å². The average Bonchev–Trinajstić information content (AvgIpc) is 2.88. The van der Waals surface area contributed by atoms with Crippen LogP contribution in [0.3, 0.4) is 0 Å². The van der Waals surface area contributed by atoms with Gasteiger partial charge in [-0.3, -0.25) is 9.59 Å². The van der Waals surface area contributed by atoms with Gasteiger partial charge in [-0.25, -0.2) is 4.39 Å². The van der Waals surface area contributed by atoms with Crippen LogP contribution in [-0.2, 0) is 28.1 Å². The van der Waals surface area contributed by atoms with Crippen molar-refractivity contribution in [3.05, 3.63) is 99.9 Å². The molecule has 0 aromatic heterocycles. The van der Waals surface area contributed by atoms with E-state index in [4.69, 9.17) is 9.47 Å². The van der Waals surface area contributed by atoms with Gasteiger partial charge in [-0.1, -0.05) is 48.0 Å². The first-order chi connectivity index (χ1) is 17.8. The van der Waals surface area contributed by atoms with Crippen molar-refractivity contribution in [3.63, 3.8) is 0 Å². The topological polar surface area (TPSA) is 84.9 Å². The highest BCUT2D eigenvalue weighted by molar-refractivity contribution is 5.96. The second-order valence-corrected chi connectivity index (χ2v) is 9.63. The van der Waals surface area contributed by atoms with Gasteiger partial charge >= 0.3 is 5.97 Å². The van der Waals surface area contributed by atoms with E-state index in [1.807, 2.05) is 32.0 Å². The van der Waals surface area contributed by atoms with Crippen LogP contribution in [0.4, 0.5) is 4.39 Å². The smallest absolute Gasteiger partial charge is 0.303 e. The van der Waals surface area contributed by atoms with Crippen molar-refractivity contribution in [2.24, 2.45) is 0 Å². The van der Waals surface area contributed by atoms with Gasteiger partial charge < -0.3 is 19.9 Å². The number of halogens is 1. The summed E-state index contributed by atoms with van der Waals surface area (Å²) in [5.74, 6) is -1.54. The Hall–Kier alpha value is -3.71. The van der Waals surface area contributed by atoms with E-state index in [1.54, 1.807) is 30.3 Å². The molecule has 0 unspecified atom stereocenters. The first kappa shape index (κ1) is 26.4. The van der Waals surface area contributed by atoms with Crippen molar-refractivity contribution >= 4 is 11.9 Å². The molecule has 1 saturated heterocycles. The van der Waals surface area contributed by atoms with Gasteiger partial charge in [-0.2, -0.15) is 0 Å². The van der Waals surface area contributed by atoms with Crippen molar-refractivity contribution < 1.29 is 28.6 Å². The first-order valence-electron chi connectivity index (χ1n) is 12.5. The number of amides is 1. The minimum Gasteiger partial charge on any atom is -0.486 e. The predicted molar refractivity (Wildman–Crippen MR) is 138 cm³/mol. The number of hydrogen-bond donors (Lipinski definition) is 2. The fourth-order valence-corrected chi connectivity index (χ4v) is 4.70. The van der Waals surface area contributed by atoms with Gasteiger partial charge in [-0.05, 0) is 73.6 Å². The van der Waals surface area contributed by atoms with Gasteiger partial charge in [0.2, 0.25) is 0 Å². The molecule has 1 fully saturated rings. The van der Waals surface area contributed by atoms with Crippen molar-refractivity contribution in [1.29, 1.82) is 0 Å². The van der Waals surface area contributed by atoms with Gasteiger partial charge in [0.25, 0.3) is 5.91 Å². The molecule has 1 amide bonds. The minimum atomic E-state index is -0.936. The summed E-state index contributed by atoms with van der Waals surface area (Å²) < 4.78 is 25.5. The number of carboxylic acid groups (broad SMARTS) is 1. The number of rotatable bonds is 9. The van der Waals surface area contributed by atoms with Gasteiger partial charge in [0.1, 0.15) is 6.61 Å². The lowest BCUT2D eigenvalue weighted by molar-refractivity contribution is -0.136. The Balaban J connectivity index is 1.63. The summed E-state index contributed by atoms with van der Waals surface area (Å²) in [5.41, 5.74) is 4.11. The number of carbonyl (C=O) groups is 2. The summed E-state index contributed by atoms with van der Waals surface area (Å²) >= 11 is 0. The Kier molecular flexibility index (Phi) is 8.24. The quantitative estimate of drug-likeness (QED) is 0.403. The lowest BCUT2D eigenvalue weighted by atomic mass is 9.81. The molecule has 194 valence electrons. The van der Waals surface area contributed by atoms with E-state index in [2.05, 4.69) is 11.4 Å². The van der Waals surface area contributed by atoms with Gasteiger partial charge in [-0.15, -0.1) is 0 Å². The standard InChI is InChI=1S/C30H32FNO5/c1-20-4-3-5-24(16-20)30(12-14-36-15-13-30)32-29(35)25-18-22(7-8-23(25)9-11-28(33)34)19-37-27-17-21(2)6-10-26(27)31/h3-8,10,16-18H,9,11-15,19H2,1-2H3,(H,32,35)(H,33,34). The third-order valence-electron chi connectivity index (χ3n) is 6.78. The molecule has 3 aromatic carbocycles. The van der Waals surface area contributed by atoms with Crippen LogP contribution in [0.1, 0.15) is 57.4 Å². The number of benzene rings is 3. The van der Waals surface area contributed by atoms with Crippen molar-refractivity contribution in [2.45, 2.75) is 51.7 Å². The highest BCUT2D eigenvalue weighted by Gasteiger charge is 2.36. The molecular formula is C30H32FNO5. The Morgan fingerprint density at radius 2 is 1.78 bits per heavy atom. The normalized spacial score (nSPS) is 14.7. The maximum absolute atomic E-state index is 14.2. The Morgan fingerprint density at radius 1 is 1.03 bits per heavy atom. The predicted octanol–water partition coefficient (Wildman–Crippen LogP) is 5.47. The number of carbonyl (C=O) groups excluding carboxylic acids is 1. The Morgan fingerprint density at radius 3 is 2.51 bits per heavy atom. The fourth-order valence-electron chi connectivity index (χ4n) is 4.70. The zero-order valence-electron chi connectivity index (χ0n) is 21.2. The maximum Gasteiger partial charge on any atom is 0.303 e. The summed E-state index contributed by atoms with van der Waals surface area (Å²) in [6.45, 7) is 4.98. The SMILES string of the molecule is Cc1cccc(C2(NC(=O)c3cc(COc4cc(C)ccc4F)ccc3CCC(=O)O)CCOCC2)c1. The van der Waals surface area contributed by atoms with Crippen LogP contribution >= 0.6 is 0 Å². The molecule has 0 radical (unpaired) electrons. The summed E-state index contributed by atoms with van der Waals surface area (Å²) in [6, 6.07) is 18.0. The zero-order valence-corrected chi connectivity index (χ0v) is 21.2. The first-order valence-corrected chi connectivity index (χ1v) is 12.5. The molecule has 3 aromatic rings. The number of aryl methyl sites for hydroxylation is 3.